The van der Waals surface area contributed by atoms with Crippen LogP contribution in [0.25, 0.3) is 0 Å². The van der Waals surface area contributed by atoms with E-state index < -0.39 is 5.60 Å². The van der Waals surface area contributed by atoms with Crippen molar-refractivity contribution in [2.45, 2.75) is 18.9 Å². The van der Waals surface area contributed by atoms with Crippen LogP contribution in [0, 0.1) is 0 Å². The van der Waals surface area contributed by atoms with Crippen LogP contribution in [0.15, 0.2) is 48.8 Å². The molecular weight excluding hydrogens is 252 g/mol. The van der Waals surface area contributed by atoms with Gasteiger partial charge in [0.2, 0.25) is 0 Å². The Morgan fingerprint density at radius 1 is 1.25 bits per heavy atom. The first-order chi connectivity index (χ1) is 9.59. The van der Waals surface area contributed by atoms with Gasteiger partial charge in [0.25, 0.3) is 5.91 Å². The first-order valence-electron chi connectivity index (χ1n) is 6.63. The number of aliphatic hydroxyl groups is 1. The molecular formula is C16H16N2O2. The number of nitrogens with zero attached hydrogens (tertiary/aromatic N) is 2. The molecule has 0 saturated heterocycles. The normalized spacial score (nSPS) is 21.4. The van der Waals surface area contributed by atoms with Gasteiger partial charge in [-0.05, 0) is 31.5 Å². The maximum atomic E-state index is 12.6. The monoisotopic (exact) mass is 268 g/mol. The minimum absolute atomic E-state index is 0.0599. The summed E-state index contributed by atoms with van der Waals surface area (Å²) in [5, 5.41) is 10.4. The van der Waals surface area contributed by atoms with Crippen molar-refractivity contribution in [1.82, 2.24) is 4.98 Å². The first kappa shape index (κ1) is 12.8. The summed E-state index contributed by atoms with van der Waals surface area (Å²) in [6.45, 7) is 2.30. The van der Waals surface area contributed by atoms with Crippen molar-refractivity contribution in [1.29, 1.82) is 0 Å². The molecule has 1 aromatic heterocycles. The van der Waals surface area contributed by atoms with E-state index in [2.05, 4.69) is 4.98 Å². The van der Waals surface area contributed by atoms with Crippen LogP contribution in [0.3, 0.4) is 0 Å². The van der Waals surface area contributed by atoms with Gasteiger partial charge in [-0.15, -0.1) is 0 Å². The second kappa shape index (κ2) is 4.72. The molecule has 1 amide bonds. The van der Waals surface area contributed by atoms with E-state index in [1.807, 2.05) is 24.3 Å². The topological polar surface area (TPSA) is 53.4 Å². The maximum Gasteiger partial charge on any atom is 0.258 e. The fourth-order valence-corrected chi connectivity index (χ4v) is 2.61. The molecule has 0 saturated carbocycles. The number of fused-ring (bicyclic) bond motifs is 1. The molecule has 2 aromatic rings. The molecule has 1 aliphatic heterocycles. The van der Waals surface area contributed by atoms with Crippen LogP contribution in [-0.4, -0.2) is 22.5 Å². The Hall–Kier alpha value is -2.20. The first-order valence-corrected chi connectivity index (χ1v) is 6.63. The van der Waals surface area contributed by atoms with Gasteiger partial charge in [0.15, 0.2) is 0 Å². The molecule has 2 heterocycles. The van der Waals surface area contributed by atoms with E-state index in [0.717, 1.165) is 11.3 Å². The number of hydrogen-bond donors (Lipinski definition) is 1. The molecule has 0 spiro atoms. The quantitative estimate of drug-likeness (QED) is 0.863. The zero-order valence-corrected chi connectivity index (χ0v) is 11.3. The molecule has 1 aliphatic rings. The molecule has 20 heavy (non-hydrogen) atoms. The van der Waals surface area contributed by atoms with Gasteiger partial charge in [0.05, 0.1) is 11.3 Å². The fraction of sp³-hybridized carbons (Fsp3) is 0.250. The highest BCUT2D eigenvalue weighted by Gasteiger charge is 2.35. The molecule has 0 aliphatic carbocycles. The minimum atomic E-state index is -0.883. The van der Waals surface area contributed by atoms with Crippen molar-refractivity contribution in [3.05, 3.63) is 59.9 Å². The van der Waals surface area contributed by atoms with Crippen molar-refractivity contribution < 1.29 is 9.90 Å². The van der Waals surface area contributed by atoms with E-state index in [1.54, 1.807) is 36.4 Å². The van der Waals surface area contributed by atoms with Crippen LogP contribution < -0.4 is 4.90 Å². The number of aromatic nitrogens is 1. The molecule has 0 radical (unpaired) electrons. The van der Waals surface area contributed by atoms with Gasteiger partial charge in [-0.2, -0.15) is 0 Å². The van der Waals surface area contributed by atoms with Crippen molar-refractivity contribution in [3.8, 4) is 0 Å². The second-order valence-corrected chi connectivity index (χ2v) is 5.23. The van der Waals surface area contributed by atoms with Gasteiger partial charge < -0.3 is 10.0 Å². The molecule has 0 fully saturated rings. The summed E-state index contributed by atoms with van der Waals surface area (Å²) in [6, 6.07) is 10.9. The summed E-state index contributed by atoms with van der Waals surface area (Å²) >= 11 is 0. The average Bonchev–Trinajstić information content (AvgIpc) is 2.48. The standard InChI is InChI=1S/C16H16N2O2/c1-16(20)8-11-18(14-5-3-2-4-13(14)16)15(19)12-6-9-17-10-7-12/h2-7,9-10,20H,8,11H2,1H3. The summed E-state index contributed by atoms with van der Waals surface area (Å²) in [5.74, 6) is -0.0599. The number of carbonyl (C=O) groups excluding carboxylic acids is 1. The minimum Gasteiger partial charge on any atom is -0.385 e. The van der Waals surface area contributed by atoms with E-state index in [4.69, 9.17) is 0 Å². The van der Waals surface area contributed by atoms with E-state index >= 15 is 0 Å². The van der Waals surface area contributed by atoms with Crippen LogP contribution in [-0.2, 0) is 5.60 Å². The van der Waals surface area contributed by atoms with E-state index in [-0.39, 0.29) is 5.91 Å². The van der Waals surface area contributed by atoms with Crippen molar-refractivity contribution in [2.24, 2.45) is 0 Å². The largest absolute Gasteiger partial charge is 0.385 e. The molecule has 0 bridgehead atoms. The number of carbonyl (C=O) groups is 1. The van der Waals surface area contributed by atoms with Crippen LogP contribution >= 0.6 is 0 Å². The Morgan fingerprint density at radius 3 is 2.70 bits per heavy atom. The summed E-state index contributed by atoms with van der Waals surface area (Å²) in [4.78, 5) is 18.2. The Balaban J connectivity index is 2.03. The number of para-hydroxylation sites is 1. The van der Waals surface area contributed by atoms with Crippen LogP contribution in [0.5, 0.6) is 0 Å². The summed E-state index contributed by atoms with van der Waals surface area (Å²) in [6.07, 6.45) is 3.75. The predicted octanol–water partition coefficient (Wildman–Crippen LogP) is 2.34. The number of hydrogen-bond acceptors (Lipinski definition) is 3. The van der Waals surface area contributed by atoms with E-state index in [0.29, 0.717) is 18.5 Å². The molecule has 3 rings (SSSR count). The fourth-order valence-electron chi connectivity index (χ4n) is 2.61. The van der Waals surface area contributed by atoms with Gasteiger partial charge in [0.1, 0.15) is 0 Å². The van der Waals surface area contributed by atoms with Gasteiger partial charge in [-0.1, -0.05) is 18.2 Å². The molecule has 1 aromatic carbocycles. The maximum absolute atomic E-state index is 12.6. The molecule has 102 valence electrons. The average molecular weight is 268 g/mol. The van der Waals surface area contributed by atoms with E-state index in [9.17, 15) is 9.90 Å². The lowest BCUT2D eigenvalue weighted by Gasteiger charge is -2.37. The predicted molar refractivity (Wildman–Crippen MR) is 76.5 cm³/mol. The Bertz CT molecular complexity index is 638. The van der Waals surface area contributed by atoms with Crippen LogP contribution in [0.1, 0.15) is 29.3 Å². The smallest absolute Gasteiger partial charge is 0.258 e. The Labute approximate surface area is 117 Å². The number of anilines is 1. The number of amides is 1. The molecule has 4 heteroatoms. The van der Waals surface area contributed by atoms with Crippen LogP contribution in [0.2, 0.25) is 0 Å². The number of rotatable bonds is 1. The highest BCUT2D eigenvalue weighted by atomic mass is 16.3. The Kier molecular flexibility index (Phi) is 3.03. The SMILES string of the molecule is CC1(O)CCN(C(=O)c2ccncc2)c2ccccc21. The highest BCUT2D eigenvalue weighted by molar-refractivity contribution is 6.06. The zero-order chi connectivity index (χ0) is 14.2. The van der Waals surface area contributed by atoms with Gasteiger partial charge in [-0.25, -0.2) is 0 Å². The lowest BCUT2D eigenvalue weighted by atomic mass is 9.87. The van der Waals surface area contributed by atoms with Gasteiger partial charge >= 0.3 is 0 Å². The number of pyridine rings is 1. The summed E-state index contributed by atoms with van der Waals surface area (Å²) in [7, 11) is 0. The van der Waals surface area contributed by atoms with Crippen molar-refractivity contribution in [2.75, 3.05) is 11.4 Å². The highest BCUT2D eigenvalue weighted by Crippen LogP contribution is 2.38. The summed E-state index contributed by atoms with van der Waals surface area (Å²) < 4.78 is 0. The molecule has 4 nitrogen and oxygen atoms in total. The second-order valence-electron chi connectivity index (χ2n) is 5.23. The third kappa shape index (κ3) is 2.08. The lowest BCUT2D eigenvalue weighted by molar-refractivity contribution is 0.0450. The van der Waals surface area contributed by atoms with Crippen molar-refractivity contribution >= 4 is 11.6 Å². The number of benzene rings is 1. The van der Waals surface area contributed by atoms with E-state index in [1.165, 1.54) is 0 Å². The molecule has 1 unspecified atom stereocenters. The van der Waals surface area contributed by atoms with Gasteiger partial charge in [0, 0.05) is 30.1 Å². The lowest BCUT2D eigenvalue weighted by Crippen LogP contribution is -2.42. The summed E-state index contributed by atoms with van der Waals surface area (Å²) in [5.41, 5.74) is 1.31. The third-order valence-electron chi connectivity index (χ3n) is 3.77. The van der Waals surface area contributed by atoms with Crippen LogP contribution in [0.4, 0.5) is 5.69 Å². The third-order valence-corrected chi connectivity index (χ3v) is 3.77. The zero-order valence-electron chi connectivity index (χ0n) is 11.3. The molecule has 1 atom stereocenters. The van der Waals surface area contributed by atoms with Crippen molar-refractivity contribution in [3.63, 3.8) is 0 Å². The Morgan fingerprint density at radius 2 is 1.95 bits per heavy atom. The van der Waals surface area contributed by atoms with Gasteiger partial charge in [-0.3, -0.25) is 9.78 Å². The molecule has 1 N–H and O–H groups in total.